The lowest BCUT2D eigenvalue weighted by Crippen LogP contribution is -2.40. The Kier molecular flexibility index (Phi) is 4.35. The van der Waals surface area contributed by atoms with E-state index >= 15 is 0 Å². The third kappa shape index (κ3) is 3.43. The van der Waals surface area contributed by atoms with Gasteiger partial charge in [-0.15, -0.1) is 0 Å². The first kappa shape index (κ1) is 15.5. The highest BCUT2D eigenvalue weighted by molar-refractivity contribution is 5.96. The Labute approximate surface area is 125 Å². The minimum absolute atomic E-state index is 0.129. The molecular weight excluding hydrogens is 266 g/mol. The van der Waals surface area contributed by atoms with E-state index in [1.54, 1.807) is 6.07 Å². The van der Waals surface area contributed by atoms with Gasteiger partial charge in [0.15, 0.2) is 0 Å². The summed E-state index contributed by atoms with van der Waals surface area (Å²) in [5, 5.41) is 12.1. The van der Waals surface area contributed by atoms with Gasteiger partial charge in [-0.05, 0) is 29.9 Å². The van der Waals surface area contributed by atoms with Gasteiger partial charge in [0, 0.05) is 11.6 Å². The van der Waals surface area contributed by atoms with Crippen molar-refractivity contribution in [2.75, 3.05) is 0 Å². The molecule has 1 aromatic carbocycles. The van der Waals surface area contributed by atoms with Crippen molar-refractivity contribution in [3.63, 3.8) is 0 Å². The van der Waals surface area contributed by atoms with Crippen LogP contribution in [0.3, 0.4) is 0 Å². The van der Waals surface area contributed by atoms with Crippen LogP contribution in [0.15, 0.2) is 24.3 Å². The topological polar surface area (TPSA) is 66.4 Å². The van der Waals surface area contributed by atoms with Crippen LogP contribution in [0.25, 0.3) is 0 Å². The lowest BCUT2D eigenvalue weighted by Gasteiger charge is -2.24. The van der Waals surface area contributed by atoms with Crippen LogP contribution in [0.4, 0.5) is 0 Å². The molecule has 1 aromatic rings. The van der Waals surface area contributed by atoms with Crippen molar-refractivity contribution < 1.29 is 14.7 Å². The van der Waals surface area contributed by atoms with Crippen LogP contribution in [0, 0.1) is 5.92 Å². The number of hydrogen-bond donors (Lipinski definition) is 2. The molecule has 0 bridgehead atoms. The molecule has 0 saturated heterocycles. The van der Waals surface area contributed by atoms with Gasteiger partial charge in [-0.2, -0.15) is 0 Å². The van der Waals surface area contributed by atoms with Crippen LogP contribution < -0.4 is 5.32 Å². The maximum Gasteiger partial charge on any atom is 0.308 e. The average molecular weight is 289 g/mol. The highest BCUT2D eigenvalue weighted by Crippen LogP contribution is 2.28. The number of aliphatic carboxylic acids is 1. The molecule has 4 heteroatoms. The molecule has 1 amide bonds. The molecule has 0 radical (unpaired) electrons. The quantitative estimate of drug-likeness (QED) is 0.899. The monoisotopic (exact) mass is 289 g/mol. The molecule has 1 aliphatic carbocycles. The molecule has 2 atom stereocenters. The summed E-state index contributed by atoms with van der Waals surface area (Å²) in [6, 6.07) is 7.27. The zero-order valence-electron chi connectivity index (χ0n) is 12.8. The molecule has 0 heterocycles. The Morgan fingerprint density at radius 1 is 1.19 bits per heavy atom. The fraction of sp³-hybridized carbons (Fsp3) is 0.529. The molecule has 0 aromatic heterocycles. The second kappa shape index (κ2) is 5.88. The van der Waals surface area contributed by atoms with E-state index in [1.807, 2.05) is 18.2 Å². The molecule has 0 aliphatic heterocycles. The van der Waals surface area contributed by atoms with E-state index in [4.69, 9.17) is 0 Å². The lowest BCUT2D eigenvalue weighted by molar-refractivity contribution is -0.142. The van der Waals surface area contributed by atoms with Gasteiger partial charge in [-0.3, -0.25) is 9.59 Å². The first-order valence-corrected chi connectivity index (χ1v) is 7.44. The number of carboxylic acids is 1. The zero-order chi connectivity index (χ0) is 15.6. The maximum atomic E-state index is 12.5. The summed E-state index contributed by atoms with van der Waals surface area (Å²) in [6.07, 6.45) is 2.23. The van der Waals surface area contributed by atoms with Crippen LogP contribution in [0.1, 0.15) is 56.0 Å². The highest BCUT2D eigenvalue weighted by atomic mass is 16.4. The summed E-state index contributed by atoms with van der Waals surface area (Å²) in [6.45, 7) is 6.19. The summed E-state index contributed by atoms with van der Waals surface area (Å²) >= 11 is 0. The third-order valence-corrected chi connectivity index (χ3v) is 4.13. The van der Waals surface area contributed by atoms with Crippen molar-refractivity contribution in [2.24, 2.45) is 5.92 Å². The minimum atomic E-state index is -0.818. The fourth-order valence-electron chi connectivity index (χ4n) is 3.01. The Morgan fingerprint density at radius 3 is 2.48 bits per heavy atom. The van der Waals surface area contributed by atoms with Gasteiger partial charge in [0.05, 0.1) is 5.92 Å². The zero-order valence-corrected chi connectivity index (χ0v) is 12.8. The average Bonchev–Trinajstić information content (AvgIpc) is 2.86. The Bertz CT molecular complexity index is 545. The summed E-state index contributed by atoms with van der Waals surface area (Å²) < 4.78 is 0. The van der Waals surface area contributed by atoms with Crippen LogP contribution in [-0.2, 0) is 10.2 Å². The van der Waals surface area contributed by atoms with Gasteiger partial charge in [0.25, 0.3) is 5.91 Å². The molecule has 0 spiro atoms. The summed E-state index contributed by atoms with van der Waals surface area (Å²) in [5.74, 6) is -1.45. The smallest absolute Gasteiger partial charge is 0.308 e. The van der Waals surface area contributed by atoms with Crippen LogP contribution >= 0.6 is 0 Å². The summed E-state index contributed by atoms with van der Waals surface area (Å²) in [4.78, 5) is 23.7. The maximum absolute atomic E-state index is 12.5. The molecule has 2 rings (SSSR count). The number of amides is 1. The van der Waals surface area contributed by atoms with E-state index in [1.165, 1.54) is 0 Å². The van der Waals surface area contributed by atoms with Crippen LogP contribution in [0.5, 0.6) is 0 Å². The Morgan fingerprint density at radius 2 is 1.86 bits per heavy atom. The number of carbonyl (C=O) groups is 2. The standard InChI is InChI=1S/C17H23NO3/c1-17(2,3)13-9-5-4-7-11(13)15(19)18-14-10-6-8-12(14)16(20)21/h4-5,7,9,12,14H,6,8,10H2,1-3H3,(H,18,19)(H,20,21). The fourth-order valence-corrected chi connectivity index (χ4v) is 3.01. The van der Waals surface area contributed by atoms with Crippen LogP contribution in [-0.4, -0.2) is 23.0 Å². The van der Waals surface area contributed by atoms with E-state index in [9.17, 15) is 14.7 Å². The number of benzene rings is 1. The largest absolute Gasteiger partial charge is 0.481 e. The minimum Gasteiger partial charge on any atom is -0.481 e. The van der Waals surface area contributed by atoms with E-state index in [0.29, 0.717) is 12.0 Å². The van der Waals surface area contributed by atoms with Crippen LogP contribution in [0.2, 0.25) is 0 Å². The summed E-state index contributed by atoms with van der Waals surface area (Å²) in [7, 11) is 0. The van der Waals surface area contributed by atoms with Gasteiger partial charge in [-0.25, -0.2) is 0 Å². The highest BCUT2D eigenvalue weighted by Gasteiger charge is 2.34. The predicted octanol–water partition coefficient (Wildman–Crippen LogP) is 2.97. The molecule has 1 aliphatic rings. The normalized spacial score (nSPS) is 22.0. The van der Waals surface area contributed by atoms with Gasteiger partial charge in [0.1, 0.15) is 0 Å². The number of rotatable bonds is 3. The van der Waals surface area contributed by atoms with E-state index in [0.717, 1.165) is 18.4 Å². The van der Waals surface area contributed by atoms with E-state index < -0.39 is 11.9 Å². The molecule has 21 heavy (non-hydrogen) atoms. The van der Waals surface area contributed by atoms with Crippen molar-refractivity contribution in [1.29, 1.82) is 0 Å². The number of nitrogens with one attached hydrogen (secondary N) is 1. The summed E-state index contributed by atoms with van der Waals surface area (Å²) in [5.41, 5.74) is 1.49. The van der Waals surface area contributed by atoms with Crippen molar-refractivity contribution in [3.8, 4) is 0 Å². The Balaban J connectivity index is 2.20. The lowest BCUT2D eigenvalue weighted by atomic mass is 9.83. The number of carboxylic acid groups (broad SMARTS) is 1. The van der Waals surface area contributed by atoms with Gasteiger partial charge in [0.2, 0.25) is 0 Å². The first-order valence-electron chi connectivity index (χ1n) is 7.44. The second-order valence-corrected chi connectivity index (χ2v) is 6.75. The van der Waals surface area contributed by atoms with Crippen molar-refractivity contribution in [1.82, 2.24) is 5.32 Å². The third-order valence-electron chi connectivity index (χ3n) is 4.13. The second-order valence-electron chi connectivity index (χ2n) is 6.75. The molecule has 1 fully saturated rings. The SMILES string of the molecule is CC(C)(C)c1ccccc1C(=O)NC1CCCC1C(=O)O. The molecular formula is C17H23NO3. The van der Waals surface area contributed by atoms with Crippen molar-refractivity contribution in [2.45, 2.75) is 51.5 Å². The van der Waals surface area contributed by atoms with Crippen molar-refractivity contribution >= 4 is 11.9 Å². The molecule has 2 N–H and O–H groups in total. The number of carbonyl (C=O) groups excluding carboxylic acids is 1. The Hall–Kier alpha value is -1.84. The predicted molar refractivity (Wildman–Crippen MR) is 81.4 cm³/mol. The molecule has 2 unspecified atom stereocenters. The first-order chi connectivity index (χ1) is 9.80. The molecule has 1 saturated carbocycles. The van der Waals surface area contributed by atoms with Crippen molar-refractivity contribution in [3.05, 3.63) is 35.4 Å². The number of hydrogen-bond acceptors (Lipinski definition) is 2. The van der Waals surface area contributed by atoms with Gasteiger partial charge < -0.3 is 10.4 Å². The van der Waals surface area contributed by atoms with Gasteiger partial charge in [-0.1, -0.05) is 45.4 Å². The molecule has 4 nitrogen and oxygen atoms in total. The van der Waals surface area contributed by atoms with Gasteiger partial charge >= 0.3 is 5.97 Å². The van der Waals surface area contributed by atoms with E-state index in [2.05, 4.69) is 26.1 Å². The molecule has 114 valence electrons. The van der Waals surface area contributed by atoms with E-state index in [-0.39, 0.29) is 17.4 Å².